The average Bonchev–Trinajstić information content (AvgIpc) is 3.19. The van der Waals surface area contributed by atoms with Crippen molar-refractivity contribution in [3.63, 3.8) is 0 Å². The lowest BCUT2D eigenvalue weighted by molar-refractivity contribution is -0.138. The predicted molar refractivity (Wildman–Crippen MR) is 110 cm³/mol. The summed E-state index contributed by atoms with van der Waals surface area (Å²) in [6.45, 7) is 6.09. The molecule has 1 aromatic rings. The Morgan fingerprint density at radius 3 is 2.79 bits per heavy atom. The van der Waals surface area contributed by atoms with Crippen LogP contribution in [0, 0.1) is 11.8 Å². The van der Waals surface area contributed by atoms with E-state index in [2.05, 4.69) is 30.1 Å². The number of nitrogens with zero attached hydrogens (tertiary/aromatic N) is 1. The Labute approximate surface area is 172 Å². The van der Waals surface area contributed by atoms with E-state index in [0.717, 1.165) is 37.2 Å². The maximum Gasteiger partial charge on any atom is 0.337 e. The van der Waals surface area contributed by atoms with Gasteiger partial charge in [-0.05, 0) is 43.2 Å². The molecular weight excluding hydrogens is 368 g/mol. The molecule has 0 saturated carbocycles. The number of carbonyl (C=O) groups is 2. The Balaban J connectivity index is 1.81. The average molecular weight is 399 g/mol. The maximum atomic E-state index is 13.4. The van der Waals surface area contributed by atoms with Crippen LogP contribution in [0.5, 0.6) is 0 Å². The highest BCUT2D eigenvalue weighted by molar-refractivity contribution is 6.07. The molecule has 1 spiro atoms. The summed E-state index contributed by atoms with van der Waals surface area (Å²) in [5.41, 5.74) is 1.57. The number of hydrogen-bond donors (Lipinski definition) is 1. The van der Waals surface area contributed by atoms with Gasteiger partial charge < -0.3 is 14.8 Å². The number of methoxy groups -OCH3 is 2. The minimum atomic E-state index is -0.602. The van der Waals surface area contributed by atoms with Gasteiger partial charge in [0.2, 0.25) is 5.91 Å². The predicted octanol–water partition coefficient (Wildman–Crippen LogP) is 3.09. The van der Waals surface area contributed by atoms with Gasteiger partial charge in [-0.25, -0.2) is 4.79 Å². The highest BCUT2D eigenvalue weighted by atomic mass is 16.5. The maximum absolute atomic E-state index is 13.4. The molecule has 0 radical (unpaired) electrons. The number of carbonyl (C=O) groups excluding carboxylic acids is 2. The first-order valence-corrected chi connectivity index (χ1v) is 10.4. The fourth-order valence-electron chi connectivity index (χ4n) is 6.10. The molecule has 156 valence electrons. The molecule has 4 rings (SSSR count). The molecule has 1 N–H and O–H groups in total. The van der Waals surface area contributed by atoms with Gasteiger partial charge in [-0.1, -0.05) is 31.5 Å². The van der Waals surface area contributed by atoms with Crippen LogP contribution in [0.25, 0.3) is 0 Å². The summed E-state index contributed by atoms with van der Waals surface area (Å²) in [6.07, 6.45) is 3.97. The molecule has 1 amide bonds. The van der Waals surface area contributed by atoms with Crippen LogP contribution in [-0.4, -0.2) is 49.6 Å². The van der Waals surface area contributed by atoms with Crippen LogP contribution in [0.3, 0.4) is 0 Å². The highest BCUT2D eigenvalue weighted by Crippen LogP contribution is 2.59. The summed E-state index contributed by atoms with van der Waals surface area (Å²) in [5, 5.41) is 3.12. The number of hydrogen-bond acceptors (Lipinski definition) is 5. The lowest BCUT2D eigenvalue weighted by Gasteiger charge is -2.52. The van der Waals surface area contributed by atoms with Crippen molar-refractivity contribution in [3.05, 3.63) is 41.7 Å². The summed E-state index contributed by atoms with van der Waals surface area (Å²) >= 11 is 0. The van der Waals surface area contributed by atoms with Crippen LogP contribution in [0.15, 0.2) is 36.1 Å². The van der Waals surface area contributed by atoms with E-state index in [4.69, 9.17) is 9.47 Å². The lowest BCUT2D eigenvalue weighted by atomic mass is 9.60. The Kier molecular flexibility index (Phi) is 4.93. The molecule has 0 aliphatic carbocycles. The molecule has 1 aromatic carbocycles. The Morgan fingerprint density at radius 1 is 1.34 bits per heavy atom. The number of fused-ring (bicyclic) bond motifs is 4. The van der Waals surface area contributed by atoms with Crippen molar-refractivity contribution in [2.75, 3.05) is 32.6 Å². The third kappa shape index (κ3) is 2.65. The third-order valence-electron chi connectivity index (χ3n) is 7.63. The Morgan fingerprint density at radius 2 is 2.10 bits per heavy atom. The molecular formula is C23H30N2O4. The fraction of sp³-hybridized carbons (Fsp3) is 0.565. The van der Waals surface area contributed by atoms with Crippen LogP contribution in [0.2, 0.25) is 0 Å². The molecule has 0 aromatic heterocycles. The number of anilines is 1. The zero-order valence-electron chi connectivity index (χ0n) is 17.7. The van der Waals surface area contributed by atoms with Crippen molar-refractivity contribution < 1.29 is 19.1 Å². The molecule has 3 heterocycles. The van der Waals surface area contributed by atoms with Crippen molar-refractivity contribution in [1.82, 2.24) is 4.90 Å². The third-order valence-corrected chi connectivity index (χ3v) is 7.63. The van der Waals surface area contributed by atoms with Gasteiger partial charge in [0.15, 0.2) is 0 Å². The summed E-state index contributed by atoms with van der Waals surface area (Å²) in [5.74, 6) is 0.00558. The fourth-order valence-corrected chi connectivity index (χ4v) is 6.10. The van der Waals surface area contributed by atoms with Gasteiger partial charge in [-0.3, -0.25) is 9.69 Å². The first kappa shape index (κ1) is 20.0. The molecule has 6 nitrogen and oxygen atoms in total. The van der Waals surface area contributed by atoms with Crippen LogP contribution >= 0.6 is 0 Å². The van der Waals surface area contributed by atoms with Gasteiger partial charge in [0, 0.05) is 24.3 Å². The first-order chi connectivity index (χ1) is 13.9. The first-order valence-electron chi connectivity index (χ1n) is 10.4. The van der Waals surface area contributed by atoms with Crippen LogP contribution in [0.1, 0.15) is 38.7 Å². The molecule has 0 bridgehead atoms. The standard InChI is InChI=1S/C23H30N2O4/c1-5-15-13-25-11-10-23(18-8-6-7-9-19(18)24-21(23)27)22(25,2)12-16(15)17(14-28-3)20(26)29-4/h6-9,14-16H,5,10-13H2,1-4H3,(H,24,27)/b17-14+/t15-,16-,22?,23-/m0/s1. The van der Waals surface area contributed by atoms with Gasteiger partial charge in [-0.2, -0.15) is 0 Å². The zero-order valence-corrected chi connectivity index (χ0v) is 17.7. The highest BCUT2D eigenvalue weighted by Gasteiger charge is 2.66. The smallest absolute Gasteiger partial charge is 0.337 e. The number of amides is 1. The van der Waals surface area contributed by atoms with Crippen molar-refractivity contribution in [1.29, 1.82) is 0 Å². The number of benzene rings is 1. The number of para-hydroxylation sites is 1. The van der Waals surface area contributed by atoms with Gasteiger partial charge in [0.1, 0.15) is 0 Å². The van der Waals surface area contributed by atoms with Crippen LogP contribution < -0.4 is 5.32 Å². The summed E-state index contributed by atoms with van der Waals surface area (Å²) in [7, 11) is 2.96. The summed E-state index contributed by atoms with van der Waals surface area (Å²) in [4.78, 5) is 28.4. The second kappa shape index (κ2) is 7.17. The molecule has 3 aliphatic rings. The van der Waals surface area contributed by atoms with Crippen LogP contribution in [-0.2, 0) is 24.5 Å². The van der Waals surface area contributed by atoms with E-state index in [9.17, 15) is 9.59 Å². The Hall–Kier alpha value is -2.34. The van der Waals surface area contributed by atoms with E-state index < -0.39 is 5.41 Å². The van der Waals surface area contributed by atoms with Crippen molar-refractivity contribution >= 4 is 17.6 Å². The van der Waals surface area contributed by atoms with E-state index in [1.807, 2.05) is 18.2 Å². The largest absolute Gasteiger partial charge is 0.504 e. The Bertz CT molecular complexity index is 866. The van der Waals surface area contributed by atoms with Gasteiger partial charge in [0.05, 0.1) is 31.5 Å². The molecule has 6 heteroatoms. The molecule has 29 heavy (non-hydrogen) atoms. The summed E-state index contributed by atoms with van der Waals surface area (Å²) in [6, 6.07) is 8.02. The number of esters is 1. The van der Waals surface area contributed by atoms with Crippen LogP contribution in [0.4, 0.5) is 5.69 Å². The van der Waals surface area contributed by atoms with Gasteiger partial charge >= 0.3 is 5.97 Å². The lowest BCUT2D eigenvalue weighted by Crippen LogP contribution is -2.62. The van der Waals surface area contributed by atoms with E-state index in [-0.39, 0.29) is 23.3 Å². The van der Waals surface area contributed by atoms with Gasteiger partial charge in [-0.15, -0.1) is 0 Å². The van der Waals surface area contributed by atoms with E-state index in [1.54, 1.807) is 7.11 Å². The number of rotatable bonds is 4. The molecule has 4 atom stereocenters. The molecule has 2 saturated heterocycles. The minimum Gasteiger partial charge on any atom is -0.504 e. The minimum absolute atomic E-state index is 0.0239. The summed E-state index contributed by atoms with van der Waals surface area (Å²) < 4.78 is 10.3. The topological polar surface area (TPSA) is 67.9 Å². The van der Waals surface area contributed by atoms with Crippen molar-refractivity contribution in [2.45, 2.75) is 44.1 Å². The van der Waals surface area contributed by atoms with E-state index in [0.29, 0.717) is 17.9 Å². The zero-order chi connectivity index (χ0) is 20.8. The van der Waals surface area contributed by atoms with Gasteiger partial charge in [0.25, 0.3) is 0 Å². The number of piperidine rings is 1. The van der Waals surface area contributed by atoms with Crippen molar-refractivity contribution in [2.24, 2.45) is 11.8 Å². The molecule has 1 unspecified atom stereocenters. The second-order valence-corrected chi connectivity index (χ2v) is 8.65. The van der Waals surface area contributed by atoms with E-state index in [1.165, 1.54) is 13.4 Å². The monoisotopic (exact) mass is 398 g/mol. The quantitative estimate of drug-likeness (QED) is 0.480. The number of nitrogens with one attached hydrogen (secondary N) is 1. The van der Waals surface area contributed by atoms with E-state index >= 15 is 0 Å². The molecule has 3 aliphatic heterocycles. The normalized spacial score (nSPS) is 33.9. The molecule has 2 fully saturated rings. The SMILES string of the molecule is CC[C@H]1CN2CC[C@]3(C(=O)Nc4ccccc43)C2(C)C[C@@H]1/C(=C\OC)C(=O)OC. The van der Waals surface area contributed by atoms with Crippen molar-refractivity contribution in [3.8, 4) is 0 Å². The second-order valence-electron chi connectivity index (χ2n) is 8.65. The number of ether oxygens (including phenoxy) is 2.